The van der Waals surface area contributed by atoms with Gasteiger partial charge in [-0.15, -0.1) is 0 Å². The van der Waals surface area contributed by atoms with Crippen LogP contribution in [0.15, 0.2) is 18.2 Å². The third-order valence-corrected chi connectivity index (χ3v) is 6.61. The minimum absolute atomic E-state index is 0.0631. The molecule has 5 rings (SSSR count). The van der Waals surface area contributed by atoms with E-state index in [1.54, 1.807) is 6.07 Å². The number of carbonyl (C=O) groups is 2. The van der Waals surface area contributed by atoms with Crippen molar-refractivity contribution in [2.75, 3.05) is 37.7 Å². The number of anilines is 1. The van der Waals surface area contributed by atoms with Crippen molar-refractivity contribution in [3.05, 3.63) is 28.8 Å². The van der Waals surface area contributed by atoms with Gasteiger partial charge in [0.2, 0.25) is 5.91 Å². The summed E-state index contributed by atoms with van der Waals surface area (Å²) in [5.74, 6) is 0.0271. The summed E-state index contributed by atoms with van der Waals surface area (Å²) in [6.45, 7) is 3.82. The molecule has 0 saturated carbocycles. The van der Waals surface area contributed by atoms with E-state index in [0.717, 1.165) is 18.8 Å². The Morgan fingerprint density at radius 1 is 1.19 bits per heavy atom. The van der Waals surface area contributed by atoms with E-state index in [2.05, 4.69) is 4.90 Å². The highest BCUT2D eigenvalue weighted by Gasteiger charge is 2.62. The lowest BCUT2D eigenvalue weighted by Crippen LogP contribution is -2.48. The normalized spacial score (nSPS) is 30.3. The van der Waals surface area contributed by atoms with E-state index >= 15 is 0 Å². The number of amides is 2. The molecule has 0 aromatic heterocycles. The van der Waals surface area contributed by atoms with Gasteiger partial charge in [0, 0.05) is 38.2 Å². The Hall–Kier alpha value is -1.79. The van der Waals surface area contributed by atoms with Crippen LogP contribution in [-0.2, 0) is 9.53 Å². The first-order valence-corrected chi connectivity index (χ1v) is 9.78. The monoisotopic (exact) mass is 375 g/mol. The molecule has 0 bridgehead atoms. The number of likely N-dealkylation sites (tertiary alicyclic amines) is 1. The molecule has 4 aliphatic rings. The molecule has 0 radical (unpaired) electrons. The molecule has 4 heterocycles. The summed E-state index contributed by atoms with van der Waals surface area (Å²) in [5, 5.41) is 0.618. The van der Waals surface area contributed by atoms with Crippen LogP contribution in [-0.4, -0.2) is 66.2 Å². The fourth-order valence-corrected chi connectivity index (χ4v) is 5.36. The van der Waals surface area contributed by atoms with Crippen LogP contribution in [0.1, 0.15) is 36.0 Å². The Bertz CT molecular complexity index is 779. The molecule has 6 nitrogen and oxygen atoms in total. The van der Waals surface area contributed by atoms with Crippen LogP contribution in [0.4, 0.5) is 5.69 Å². The maximum absolute atomic E-state index is 13.1. The third kappa shape index (κ3) is 2.21. The van der Waals surface area contributed by atoms with Crippen molar-refractivity contribution in [2.24, 2.45) is 0 Å². The number of nitrogens with zero attached hydrogens (tertiary/aromatic N) is 3. The van der Waals surface area contributed by atoms with E-state index in [4.69, 9.17) is 16.3 Å². The molecule has 26 heavy (non-hydrogen) atoms. The summed E-state index contributed by atoms with van der Waals surface area (Å²) in [6.07, 6.45) is 3.40. The molecule has 4 aliphatic heterocycles. The molecule has 7 heteroatoms. The Labute approximate surface area is 157 Å². The second-order valence-corrected chi connectivity index (χ2v) is 7.97. The lowest BCUT2D eigenvalue weighted by Gasteiger charge is -2.31. The predicted molar refractivity (Wildman–Crippen MR) is 97.4 cm³/mol. The Balaban J connectivity index is 1.40. The first-order chi connectivity index (χ1) is 12.6. The zero-order valence-electron chi connectivity index (χ0n) is 14.6. The summed E-state index contributed by atoms with van der Waals surface area (Å²) in [6, 6.07) is 5.39. The number of rotatable bonds is 2. The number of hydrogen-bond donors (Lipinski definition) is 0. The molecule has 1 aromatic carbocycles. The molecule has 0 unspecified atom stereocenters. The van der Waals surface area contributed by atoms with Crippen molar-refractivity contribution in [3.63, 3.8) is 0 Å². The Morgan fingerprint density at radius 3 is 2.77 bits per heavy atom. The molecule has 0 N–H and O–H groups in total. The number of carbonyl (C=O) groups excluding carboxylic acids is 2. The van der Waals surface area contributed by atoms with Crippen LogP contribution in [0.5, 0.6) is 0 Å². The van der Waals surface area contributed by atoms with Crippen molar-refractivity contribution in [2.45, 2.75) is 37.5 Å². The zero-order chi connectivity index (χ0) is 17.9. The number of halogens is 1. The number of benzene rings is 1. The van der Waals surface area contributed by atoms with Gasteiger partial charge in [-0.3, -0.25) is 9.59 Å². The topological polar surface area (TPSA) is 53.1 Å². The lowest BCUT2D eigenvalue weighted by atomic mass is 10.1. The fourth-order valence-electron chi connectivity index (χ4n) is 5.06. The second kappa shape index (κ2) is 5.86. The smallest absolute Gasteiger partial charge is 0.254 e. The van der Waals surface area contributed by atoms with Crippen LogP contribution in [0.25, 0.3) is 0 Å². The number of ether oxygens (including phenoxy) is 1. The minimum Gasteiger partial charge on any atom is -0.370 e. The van der Waals surface area contributed by atoms with E-state index in [-0.39, 0.29) is 17.9 Å². The molecular formula is C19H22ClN3O3. The largest absolute Gasteiger partial charge is 0.370 e. The van der Waals surface area contributed by atoms with Crippen LogP contribution >= 0.6 is 11.6 Å². The van der Waals surface area contributed by atoms with Crippen LogP contribution < -0.4 is 4.90 Å². The second-order valence-electron chi connectivity index (χ2n) is 7.57. The van der Waals surface area contributed by atoms with E-state index in [1.807, 2.05) is 21.9 Å². The third-order valence-electron chi connectivity index (χ3n) is 6.30. The van der Waals surface area contributed by atoms with E-state index < -0.39 is 5.72 Å². The molecule has 2 atom stereocenters. The standard InChI is InChI=1S/C19H22ClN3O3/c20-14-11-13(3-4-15(14)21-6-1-2-7-21)18(25)22-8-5-19-16(22)12-17(24)23(19)9-10-26-19/h3-4,11,16H,1-2,5-10,12H2/t16-,19+/m1/s1. The molecule has 1 spiro atoms. The Kier molecular flexibility index (Phi) is 3.69. The number of hydrogen-bond acceptors (Lipinski definition) is 4. The summed E-state index contributed by atoms with van der Waals surface area (Å²) in [4.78, 5) is 31.3. The van der Waals surface area contributed by atoms with Crippen molar-refractivity contribution in [1.29, 1.82) is 0 Å². The minimum atomic E-state index is -0.591. The predicted octanol–water partition coefficient (Wildman–Crippen LogP) is 2.11. The van der Waals surface area contributed by atoms with Crippen molar-refractivity contribution in [1.82, 2.24) is 9.80 Å². The molecule has 4 saturated heterocycles. The summed E-state index contributed by atoms with van der Waals surface area (Å²) < 4.78 is 5.96. The van der Waals surface area contributed by atoms with Gasteiger partial charge in [0.15, 0.2) is 5.72 Å². The maximum atomic E-state index is 13.1. The van der Waals surface area contributed by atoms with Gasteiger partial charge >= 0.3 is 0 Å². The molecule has 1 aromatic rings. The average Bonchev–Trinajstić information content (AvgIpc) is 3.38. The zero-order valence-corrected chi connectivity index (χ0v) is 15.4. The molecule has 138 valence electrons. The quantitative estimate of drug-likeness (QED) is 0.794. The van der Waals surface area contributed by atoms with E-state index in [9.17, 15) is 9.59 Å². The summed E-state index contributed by atoms with van der Waals surface area (Å²) in [7, 11) is 0. The van der Waals surface area contributed by atoms with Gasteiger partial charge in [0.05, 0.1) is 29.8 Å². The van der Waals surface area contributed by atoms with E-state index in [1.165, 1.54) is 12.8 Å². The molecule has 0 aliphatic carbocycles. The first-order valence-electron chi connectivity index (χ1n) is 9.40. The van der Waals surface area contributed by atoms with Gasteiger partial charge in [0.1, 0.15) is 0 Å². The van der Waals surface area contributed by atoms with Gasteiger partial charge in [-0.2, -0.15) is 0 Å². The summed E-state index contributed by atoms with van der Waals surface area (Å²) >= 11 is 6.48. The van der Waals surface area contributed by atoms with Gasteiger partial charge in [0.25, 0.3) is 5.91 Å². The fraction of sp³-hybridized carbons (Fsp3) is 0.579. The first kappa shape index (κ1) is 16.4. The van der Waals surface area contributed by atoms with Gasteiger partial charge in [-0.25, -0.2) is 0 Å². The van der Waals surface area contributed by atoms with Crippen LogP contribution in [0.3, 0.4) is 0 Å². The highest BCUT2D eigenvalue weighted by atomic mass is 35.5. The molecule has 2 amide bonds. The van der Waals surface area contributed by atoms with Crippen LogP contribution in [0.2, 0.25) is 5.02 Å². The van der Waals surface area contributed by atoms with Crippen molar-refractivity contribution >= 4 is 29.1 Å². The maximum Gasteiger partial charge on any atom is 0.254 e. The van der Waals surface area contributed by atoms with Crippen molar-refractivity contribution < 1.29 is 14.3 Å². The Morgan fingerprint density at radius 2 is 2.00 bits per heavy atom. The van der Waals surface area contributed by atoms with Gasteiger partial charge < -0.3 is 19.4 Å². The lowest BCUT2D eigenvalue weighted by molar-refractivity contribution is -0.136. The SMILES string of the molecule is O=C(c1ccc(N2CCCC2)c(Cl)c1)N1CC[C@@]23OCCN2C(=O)C[C@@H]13. The summed E-state index contributed by atoms with van der Waals surface area (Å²) in [5.41, 5.74) is 0.991. The highest BCUT2D eigenvalue weighted by molar-refractivity contribution is 6.33. The van der Waals surface area contributed by atoms with Crippen molar-refractivity contribution in [3.8, 4) is 0 Å². The van der Waals surface area contributed by atoms with Gasteiger partial charge in [-0.05, 0) is 31.0 Å². The molecular weight excluding hydrogens is 354 g/mol. The van der Waals surface area contributed by atoms with Gasteiger partial charge in [-0.1, -0.05) is 11.6 Å². The average molecular weight is 376 g/mol. The molecule has 4 fully saturated rings. The van der Waals surface area contributed by atoms with Crippen LogP contribution in [0, 0.1) is 0 Å². The highest BCUT2D eigenvalue weighted by Crippen LogP contribution is 2.46. The van der Waals surface area contributed by atoms with E-state index in [0.29, 0.717) is 43.1 Å².